The summed E-state index contributed by atoms with van der Waals surface area (Å²) < 4.78 is 0. The third-order valence-electron chi connectivity index (χ3n) is 7.39. The van der Waals surface area contributed by atoms with Gasteiger partial charge in [0.05, 0.1) is 0 Å². The first kappa shape index (κ1) is 22.1. The molecule has 1 aromatic carbocycles. The third-order valence-corrected chi connectivity index (χ3v) is 7.39. The number of hydrogen-bond donors (Lipinski definition) is 3. The average Bonchev–Trinajstić information content (AvgIpc) is 2.70. The number of amides is 3. The Bertz CT molecular complexity index is 716. The van der Waals surface area contributed by atoms with E-state index in [0.29, 0.717) is 19.5 Å². The van der Waals surface area contributed by atoms with Crippen molar-refractivity contribution in [3.8, 4) is 0 Å². The number of carbonyl (C=O) groups is 2. The summed E-state index contributed by atoms with van der Waals surface area (Å²) in [7, 11) is 2.10. The molecule has 4 saturated carbocycles. The molecule has 0 aromatic heterocycles. The van der Waals surface area contributed by atoms with Gasteiger partial charge in [-0.25, -0.2) is 4.79 Å². The molecule has 0 heterocycles. The first-order chi connectivity index (χ1) is 15.0. The monoisotopic (exact) mass is 426 g/mol. The fourth-order valence-corrected chi connectivity index (χ4v) is 6.48. The Balaban J connectivity index is 1.06. The number of urea groups is 1. The summed E-state index contributed by atoms with van der Waals surface area (Å²) in [5.74, 6) is 2.43. The van der Waals surface area contributed by atoms with Crippen molar-refractivity contribution in [2.75, 3.05) is 26.7 Å². The molecule has 170 valence electrons. The van der Waals surface area contributed by atoms with Gasteiger partial charge in [-0.15, -0.1) is 0 Å². The fraction of sp³-hybridized carbons (Fsp3) is 0.680. The van der Waals surface area contributed by atoms with E-state index >= 15 is 0 Å². The summed E-state index contributed by atoms with van der Waals surface area (Å²) in [6, 6.07) is 10.3. The second-order valence-corrected chi connectivity index (χ2v) is 10.3. The van der Waals surface area contributed by atoms with Gasteiger partial charge in [0, 0.05) is 31.6 Å². The fourth-order valence-electron chi connectivity index (χ4n) is 6.48. The minimum Gasteiger partial charge on any atom is -0.356 e. The molecule has 5 rings (SSSR count). The van der Waals surface area contributed by atoms with Crippen LogP contribution in [0.5, 0.6) is 0 Å². The van der Waals surface area contributed by atoms with E-state index in [-0.39, 0.29) is 17.5 Å². The Morgan fingerprint density at radius 3 is 2.26 bits per heavy atom. The van der Waals surface area contributed by atoms with E-state index in [9.17, 15) is 9.59 Å². The predicted octanol–water partition coefficient (Wildman–Crippen LogP) is 3.28. The highest BCUT2D eigenvalue weighted by molar-refractivity contribution is 5.78. The topological polar surface area (TPSA) is 73.5 Å². The molecule has 3 amide bonds. The standard InChI is InChI=1S/C25H38N4O2/c1-29(18-19-6-3-2-4-7-19)11-5-9-26-23(30)8-10-27-24(31)28-25-15-20-12-21(16-25)14-22(13-20)17-25/h2-4,6-7,20-22H,5,8-18H2,1H3,(H,26,30)(H2,27,28,31). The van der Waals surface area contributed by atoms with Crippen LogP contribution in [0.15, 0.2) is 30.3 Å². The summed E-state index contributed by atoms with van der Waals surface area (Å²) in [5, 5.41) is 9.17. The van der Waals surface area contributed by atoms with Gasteiger partial charge in [0.25, 0.3) is 0 Å². The number of nitrogens with zero attached hydrogens (tertiary/aromatic N) is 1. The van der Waals surface area contributed by atoms with Gasteiger partial charge in [-0.05, 0) is 81.9 Å². The Labute approximate surface area is 186 Å². The molecule has 0 saturated heterocycles. The summed E-state index contributed by atoms with van der Waals surface area (Å²) in [5.41, 5.74) is 1.32. The Morgan fingerprint density at radius 1 is 0.968 bits per heavy atom. The number of benzene rings is 1. The molecule has 0 atom stereocenters. The zero-order valence-electron chi connectivity index (χ0n) is 18.9. The molecular weight excluding hydrogens is 388 g/mol. The summed E-state index contributed by atoms with van der Waals surface area (Å²) in [6.45, 7) is 2.90. The maximum absolute atomic E-state index is 12.4. The second kappa shape index (κ2) is 10.0. The van der Waals surface area contributed by atoms with Gasteiger partial charge >= 0.3 is 6.03 Å². The van der Waals surface area contributed by atoms with Crippen LogP contribution in [0, 0.1) is 17.8 Å². The van der Waals surface area contributed by atoms with Crippen LogP contribution in [0.3, 0.4) is 0 Å². The van der Waals surface area contributed by atoms with E-state index < -0.39 is 0 Å². The molecule has 0 aliphatic heterocycles. The van der Waals surface area contributed by atoms with Crippen LogP contribution in [-0.2, 0) is 11.3 Å². The van der Waals surface area contributed by atoms with E-state index in [1.807, 2.05) is 6.07 Å². The first-order valence-corrected chi connectivity index (χ1v) is 12.0. The van der Waals surface area contributed by atoms with Crippen LogP contribution in [-0.4, -0.2) is 49.1 Å². The predicted molar refractivity (Wildman–Crippen MR) is 122 cm³/mol. The largest absolute Gasteiger partial charge is 0.356 e. The highest BCUT2D eigenvalue weighted by Crippen LogP contribution is 2.55. The molecule has 4 fully saturated rings. The number of carbonyl (C=O) groups excluding carboxylic acids is 2. The van der Waals surface area contributed by atoms with Crippen molar-refractivity contribution in [2.24, 2.45) is 17.8 Å². The highest BCUT2D eigenvalue weighted by atomic mass is 16.2. The van der Waals surface area contributed by atoms with Crippen molar-refractivity contribution in [1.29, 1.82) is 0 Å². The smallest absolute Gasteiger partial charge is 0.315 e. The van der Waals surface area contributed by atoms with Crippen LogP contribution < -0.4 is 16.0 Å². The van der Waals surface area contributed by atoms with Crippen LogP contribution in [0.2, 0.25) is 0 Å². The lowest BCUT2D eigenvalue weighted by Crippen LogP contribution is -2.61. The molecule has 6 nitrogen and oxygen atoms in total. The summed E-state index contributed by atoms with van der Waals surface area (Å²) in [6.07, 6.45) is 8.77. The molecule has 31 heavy (non-hydrogen) atoms. The number of hydrogen-bond acceptors (Lipinski definition) is 3. The zero-order valence-corrected chi connectivity index (χ0v) is 18.9. The van der Waals surface area contributed by atoms with Gasteiger partial charge in [-0.2, -0.15) is 0 Å². The molecular formula is C25H38N4O2. The summed E-state index contributed by atoms with van der Waals surface area (Å²) >= 11 is 0. The SMILES string of the molecule is CN(CCCNC(=O)CCNC(=O)NC12CC3CC(CC(C3)C1)C2)Cc1ccccc1. The van der Waals surface area contributed by atoms with Gasteiger partial charge in [0.15, 0.2) is 0 Å². The Morgan fingerprint density at radius 2 is 1.61 bits per heavy atom. The van der Waals surface area contributed by atoms with Crippen molar-refractivity contribution < 1.29 is 9.59 Å². The van der Waals surface area contributed by atoms with Gasteiger partial charge in [0.1, 0.15) is 0 Å². The van der Waals surface area contributed by atoms with Gasteiger partial charge in [-0.3, -0.25) is 4.79 Å². The average molecular weight is 427 g/mol. The Kier molecular flexibility index (Phi) is 7.16. The molecule has 4 aliphatic carbocycles. The van der Waals surface area contributed by atoms with Crippen LogP contribution >= 0.6 is 0 Å². The molecule has 4 bridgehead atoms. The third kappa shape index (κ3) is 6.22. The lowest BCUT2D eigenvalue weighted by Gasteiger charge is -2.56. The van der Waals surface area contributed by atoms with E-state index in [0.717, 1.165) is 56.5 Å². The van der Waals surface area contributed by atoms with E-state index in [4.69, 9.17) is 0 Å². The van der Waals surface area contributed by atoms with Crippen molar-refractivity contribution >= 4 is 11.9 Å². The van der Waals surface area contributed by atoms with Crippen molar-refractivity contribution in [2.45, 2.75) is 63.5 Å². The minimum absolute atomic E-state index is 0.000756. The van der Waals surface area contributed by atoms with Gasteiger partial charge in [0.2, 0.25) is 5.91 Å². The van der Waals surface area contributed by atoms with E-state index in [1.54, 1.807) is 0 Å². The lowest BCUT2D eigenvalue weighted by molar-refractivity contribution is -0.120. The molecule has 1 aromatic rings. The molecule has 6 heteroatoms. The molecule has 4 aliphatic rings. The quantitative estimate of drug-likeness (QED) is 0.503. The maximum atomic E-state index is 12.4. The number of rotatable bonds is 10. The van der Waals surface area contributed by atoms with E-state index in [2.05, 4.69) is 52.2 Å². The normalized spacial score (nSPS) is 28.5. The van der Waals surface area contributed by atoms with Gasteiger partial charge < -0.3 is 20.9 Å². The minimum atomic E-state index is -0.0997. The molecule has 0 radical (unpaired) electrons. The summed E-state index contributed by atoms with van der Waals surface area (Å²) in [4.78, 5) is 26.8. The first-order valence-electron chi connectivity index (χ1n) is 12.0. The van der Waals surface area contributed by atoms with Crippen LogP contribution in [0.1, 0.15) is 56.9 Å². The molecule has 0 unspecified atom stereocenters. The Hall–Kier alpha value is -2.08. The van der Waals surface area contributed by atoms with Crippen molar-refractivity contribution in [1.82, 2.24) is 20.9 Å². The zero-order chi connectivity index (χ0) is 21.7. The van der Waals surface area contributed by atoms with Crippen LogP contribution in [0.4, 0.5) is 4.79 Å². The number of nitrogens with one attached hydrogen (secondary N) is 3. The van der Waals surface area contributed by atoms with E-state index in [1.165, 1.54) is 24.8 Å². The highest BCUT2D eigenvalue weighted by Gasteiger charge is 2.51. The second-order valence-electron chi connectivity index (χ2n) is 10.3. The maximum Gasteiger partial charge on any atom is 0.315 e. The van der Waals surface area contributed by atoms with Crippen molar-refractivity contribution in [3.05, 3.63) is 35.9 Å². The molecule has 3 N–H and O–H groups in total. The molecule has 0 spiro atoms. The lowest BCUT2D eigenvalue weighted by atomic mass is 9.53. The van der Waals surface area contributed by atoms with Gasteiger partial charge in [-0.1, -0.05) is 30.3 Å². The van der Waals surface area contributed by atoms with Crippen molar-refractivity contribution in [3.63, 3.8) is 0 Å². The van der Waals surface area contributed by atoms with Crippen LogP contribution in [0.25, 0.3) is 0 Å².